The lowest BCUT2D eigenvalue weighted by molar-refractivity contribution is -0.133. The number of aliphatic imine (C=N–C) groups is 1. The molecule has 3 rings (SSSR count). The molecule has 0 spiro atoms. The van der Waals surface area contributed by atoms with E-state index in [1.807, 2.05) is 36.4 Å². The summed E-state index contributed by atoms with van der Waals surface area (Å²) in [5.41, 5.74) is 5.64. The van der Waals surface area contributed by atoms with Crippen molar-refractivity contribution in [2.45, 2.75) is 38.0 Å². The molecule has 0 aliphatic carbocycles. The van der Waals surface area contributed by atoms with Gasteiger partial charge in [0, 0.05) is 6.21 Å². The summed E-state index contributed by atoms with van der Waals surface area (Å²) in [6.45, 7) is 3.72. The number of hydrogen-bond donors (Lipinski definition) is 2. The van der Waals surface area contributed by atoms with Crippen LogP contribution in [0.1, 0.15) is 30.5 Å². The quantitative estimate of drug-likeness (QED) is 0.706. The smallest absolute Gasteiger partial charge is 0.223 e. The Morgan fingerprint density at radius 1 is 1.30 bits per heavy atom. The van der Waals surface area contributed by atoms with E-state index < -0.39 is 23.0 Å². The van der Waals surface area contributed by atoms with Crippen molar-refractivity contribution in [3.63, 3.8) is 0 Å². The van der Waals surface area contributed by atoms with Gasteiger partial charge in [-0.05, 0) is 61.7 Å². The number of allylic oxidation sites excluding steroid dienone is 1. The third-order valence-electron chi connectivity index (χ3n) is 5.72. The van der Waals surface area contributed by atoms with E-state index in [0.29, 0.717) is 17.9 Å². The van der Waals surface area contributed by atoms with Crippen LogP contribution in [0.15, 0.2) is 65.7 Å². The minimum atomic E-state index is -1.44. The molecule has 0 aromatic heterocycles. The fourth-order valence-corrected chi connectivity index (χ4v) is 3.55. The molecule has 3 unspecified atom stereocenters. The molecule has 30 heavy (non-hydrogen) atoms. The molecule has 0 fully saturated rings. The van der Waals surface area contributed by atoms with Gasteiger partial charge in [-0.25, -0.2) is 0 Å². The van der Waals surface area contributed by atoms with Gasteiger partial charge in [-0.15, -0.1) is 0 Å². The van der Waals surface area contributed by atoms with E-state index in [1.165, 1.54) is 0 Å². The summed E-state index contributed by atoms with van der Waals surface area (Å²) in [4.78, 5) is 16.5. The monoisotopic (exact) mass is 403 g/mol. The topological polar surface area (TPSA) is 109 Å². The molecule has 3 N–H and O–H groups in total. The van der Waals surface area contributed by atoms with Gasteiger partial charge >= 0.3 is 0 Å². The highest BCUT2D eigenvalue weighted by Crippen LogP contribution is 2.37. The van der Waals surface area contributed by atoms with Crippen LogP contribution in [0, 0.1) is 17.2 Å². The lowest BCUT2D eigenvalue weighted by atomic mass is 9.71. The second kappa shape index (κ2) is 8.52. The van der Waals surface area contributed by atoms with Crippen molar-refractivity contribution in [1.82, 2.24) is 0 Å². The first-order chi connectivity index (χ1) is 14.2. The number of nitriles is 1. The van der Waals surface area contributed by atoms with Crippen molar-refractivity contribution in [2.24, 2.45) is 16.6 Å². The van der Waals surface area contributed by atoms with Gasteiger partial charge in [0.15, 0.2) is 0 Å². The van der Waals surface area contributed by atoms with Gasteiger partial charge in [-0.3, -0.25) is 9.79 Å². The average Bonchev–Trinajstić information content (AvgIpc) is 3.19. The van der Waals surface area contributed by atoms with Crippen molar-refractivity contribution in [2.75, 3.05) is 0 Å². The predicted octanol–water partition coefficient (Wildman–Crippen LogP) is 2.93. The lowest BCUT2D eigenvalue weighted by Crippen LogP contribution is -2.56. The van der Waals surface area contributed by atoms with Crippen LogP contribution in [-0.4, -0.2) is 28.4 Å². The standard InChI is InChI=1S/C24H25N3O3/c1-23(11-4-12-27-23)24(2,29)21(22(26)28)14-17-7-9-20(10-8-17)30-16-19-6-3-5-18(13-19)15-25/h3-13,21,29H,14,16H2,1-2H3,(H2,26,28). The third-order valence-corrected chi connectivity index (χ3v) is 5.72. The number of carbonyl (C=O) groups excluding carboxylic acids is 1. The highest BCUT2D eigenvalue weighted by Gasteiger charge is 2.50. The maximum absolute atomic E-state index is 12.2. The normalized spacial score (nSPS) is 20.3. The van der Waals surface area contributed by atoms with E-state index in [1.54, 1.807) is 44.3 Å². The maximum atomic E-state index is 12.2. The van der Waals surface area contributed by atoms with Crippen LogP contribution < -0.4 is 10.5 Å². The first-order valence-corrected chi connectivity index (χ1v) is 9.71. The Hall–Kier alpha value is -3.43. The van der Waals surface area contributed by atoms with Crippen molar-refractivity contribution in [3.05, 3.63) is 77.4 Å². The van der Waals surface area contributed by atoms with Gasteiger partial charge in [-0.1, -0.05) is 30.3 Å². The SMILES string of the molecule is CC1(C(C)(O)C(Cc2ccc(OCc3cccc(C#N)c3)cc2)C(N)=O)C=CC=N1. The summed E-state index contributed by atoms with van der Waals surface area (Å²) in [7, 11) is 0. The number of nitrogens with two attached hydrogens (primary N) is 1. The largest absolute Gasteiger partial charge is 0.489 e. The minimum Gasteiger partial charge on any atom is -0.489 e. The van der Waals surface area contributed by atoms with Crippen molar-refractivity contribution in [3.8, 4) is 11.8 Å². The summed E-state index contributed by atoms with van der Waals surface area (Å²) < 4.78 is 5.78. The Balaban J connectivity index is 1.69. The zero-order chi connectivity index (χ0) is 21.8. The first-order valence-electron chi connectivity index (χ1n) is 9.71. The molecule has 0 radical (unpaired) electrons. The summed E-state index contributed by atoms with van der Waals surface area (Å²) in [5, 5.41) is 20.1. The van der Waals surface area contributed by atoms with Crippen LogP contribution in [0.25, 0.3) is 0 Å². The van der Waals surface area contributed by atoms with E-state index in [-0.39, 0.29) is 6.42 Å². The number of ether oxygens (including phenoxy) is 1. The number of hydrogen-bond acceptors (Lipinski definition) is 5. The Bertz CT molecular complexity index is 1000. The summed E-state index contributed by atoms with van der Waals surface area (Å²) >= 11 is 0. The molecule has 2 aromatic rings. The molecule has 3 atom stereocenters. The number of benzene rings is 2. The molecular formula is C24H25N3O3. The number of amides is 1. The van der Waals surface area contributed by atoms with Crippen molar-refractivity contribution < 1.29 is 14.6 Å². The van der Waals surface area contributed by atoms with Gasteiger partial charge in [-0.2, -0.15) is 5.26 Å². The van der Waals surface area contributed by atoms with Crippen molar-refractivity contribution in [1.29, 1.82) is 5.26 Å². The summed E-state index contributed by atoms with van der Waals surface area (Å²) in [6, 6.07) is 16.7. The van der Waals surface area contributed by atoms with Gasteiger partial charge in [0.2, 0.25) is 5.91 Å². The summed E-state index contributed by atoms with van der Waals surface area (Å²) in [5.74, 6) is -0.726. The molecule has 154 valence electrons. The zero-order valence-electron chi connectivity index (χ0n) is 17.1. The van der Waals surface area contributed by atoms with E-state index in [0.717, 1.165) is 11.1 Å². The van der Waals surface area contributed by atoms with E-state index in [9.17, 15) is 9.90 Å². The van der Waals surface area contributed by atoms with Crippen LogP contribution in [0.4, 0.5) is 0 Å². The summed E-state index contributed by atoms with van der Waals surface area (Å²) in [6.07, 6.45) is 5.43. The Morgan fingerprint density at radius 3 is 2.63 bits per heavy atom. The number of nitrogens with zero attached hydrogens (tertiary/aromatic N) is 2. The second-order valence-electron chi connectivity index (χ2n) is 7.84. The number of carbonyl (C=O) groups is 1. The number of rotatable bonds is 8. The fraction of sp³-hybridized carbons (Fsp3) is 0.292. The molecule has 1 amide bonds. The van der Waals surface area contributed by atoms with Crippen LogP contribution >= 0.6 is 0 Å². The van der Waals surface area contributed by atoms with E-state index in [4.69, 9.17) is 15.7 Å². The Kier molecular flexibility index (Phi) is 6.04. The van der Waals surface area contributed by atoms with Crippen molar-refractivity contribution >= 4 is 12.1 Å². The Morgan fingerprint density at radius 2 is 2.03 bits per heavy atom. The lowest BCUT2D eigenvalue weighted by Gasteiger charge is -2.41. The molecule has 6 heteroatoms. The highest BCUT2D eigenvalue weighted by atomic mass is 16.5. The third kappa shape index (κ3) is 4.42. The predicted molar refractivity (Wildman–Crippen MR) is 115 cm³/mol. The molecule has 2 aromatic carbocycles. The van der Waals surface area contributed by atoms with E-state index in [2.05, 4.69) is 11.1 Å². The first kappa shape index (κ1) is 21.3. The van der Waals surface area contributed by atoms with Crippen LogP contribution in [0.5, 0.6) is 5.75 Å². The number of primary amides is 1. The average molecular weight is 403 g/mol. The molecule has 1 heterocycles. The molecule has 0 saturated carbocycles. The molecule has 0 bridgehead atoms. The van der Waals surface area contributed by atoms with Crippen LogP contribution in [-0.2, 0) is 17.8 Å². The Labute approximate surface area is 176 Å². The van der Waals surface area contributed by atoms with Crippen LogP contribution in [0.3, 0.4) is 0 Å². The number of aliphatic hydroxyl groups is 1. The van der Waals surface area contributed by atoms with Gasteiger partial charge in [0.25, 0.3) is 0 Å². The highest BCUT2D eigenvalue weighted by molar-refractivity contribution is 5.80. The zero-order valence-corrected chi connectivity index (χ0v) is 17.1. The van der Waals surface area contributed by atoms with Gasteiger partial charge < -0.3 is 15.6 Å². The van der Waals surface area contributed by atoms with Gasteiger partial charge in [0.1, 0.15) is 23.5 Å². The molecule has 1 aliphatic heterocycles. The minimum absolute atomic E-state index is 0.284. The van der Waals surface area contributed by atoms with Gasteiger partial charge in [0.05, 0.1) is 17.6 Å². The molecule has 0 saturated heterocycles. The molecule has 1 aliphatic rings. The maximum Gasteiger partial charge on any atom is 0.223 e. The molecule has 6 nitrogen and oxygen atoms in total. The second-order valence-corrected chi connectivity index (χ2v) is 7.84. The fourth-order valence-electron chi connectivity index (χ4n) is 3.55. The molecular weight excluding hydrogens is 378 g/mol. The van der Waals surface area contributed by atoms with E-state index >= 15 is 0 Å². The van der Waals surface area contributed by atoms with Crippen LogP contribution in [0.2, 0.25) is 0 Å².